The fourth-order valence-electron chi connectivity index (χ4n) is 2.07. The van der Waals surface area contributed by atoms with Crippen LogP contribution in [0.5, 0.6) is 0 Å². The van der Waals surface area contributed by atoms with Crippen LogP contribution >= 0.6 is 0 Å². The van der Waals surface area contributed by atoms with Gasteiger partial charge in [-0.15, -0.1) is 0 Å². The summed E-state index contributed by atoms with van der Waals surface area (Å²) >= 11 is 0. The van der Waals surface area contributed by atoms with Gasteiger partial charge in [0.05, 0.1) is 4.92 Å². The van der Waals surface area contributed by atoms with E-state index in [-0.39, 0.29) is 17.6 Å². The molecule has 1 unspecified atom stereocenters. The second-order valence-electron chi connectivity index (χ2n) is 4.52. The van der Waals surface area contributed by atoms with Crippen molar-refractivity contribution in [2.24, 2.45) is 0 Å². The first-order chi connectivity index (χ1) is 8.49. The number of hydrogen-bond acceptors (Lipinski definition) is 4. The number of anilines is 1. The molecule has 18 heavy (non-hydrogen) atoms. The largest absolute Gasteiger partial charge is 0.368 e. The van der Waals surface area contributed by atoms with Crippen molar-refractivity contribution in [3.8, 4) is 0 Å². The van der Waals surface area contributed by atoms with E-state index < -0.39 is 4.92 Å². The zero-order valence-corrected chi connectivity index (χ0v) is 10.3. The van der Waals surface area contributed by atoms with Gasteiger partial charge in [-0.2, -0.15) is 0 Å². The van der Waals surface area contributed by atoms with Gasteiger partial charge in [-0.25, -0.2) is 0 Å². The van der Waals surface area contributed by atoms with Gasteiger partial charge in [-0.3, -0.25) is 14.9 Å². The molecule has 1 aliphatic rings. The summed E-state index contributed by atoms with van der Waals surface area (Å²) in [6.07, 6.45) is 0.667. The first-order valence-corrected chi connectivity index (χ1v) is 5.75. The topological polar surface area (TPSA) is 75.5 Å². The number of aryl methyl sites for hydroxylation is 1. The fourth-order valence-corrected chi connectivity index (χ4v) is 2.07. The van der Waals surface area contributed by atoms with Crippen LogP contribution < -0.4 is 5.32 Å². The quantitative estimate of drug-likeness (QED) is 0.651. The Bertz CT molecular complexity index is 501. The Balaban J connectivity index is 2.25. The number of benzene rings is 1. The summed E-state index contributed by atoms with van der Waals surface area (Å²) in [7, 11) is 1.73. The maximum Gasteiger partial charge on any atom is 0.292 e. The SMILES string of the molecule is Cc1ccc([N+](=O)[O-])c(NC2CCN(C)C2=O)c1. The lowest BCUT2D eigenvalue weighted by molar-refractivity contribution is -0.384. The molecule has 0 bridgehead atoms. The van der Waals surface area contributed by atoms with E-state index in [1.807, 2.05) is 6.92 Å². The normalized spacial score (nSPS) is 19.1. The predicted octanol–water partition coefficient (Wildman–Crippen LogP) is 1.55. The third-order valence-corrected chi connectivity index (χ3v) is 3.11. The first-order valence-electron chi connectivity index (χ1n) is 5.75. The van der Waals surface area contributed by atoms with Crippen LogP contribution in [-0.2, 0) is 4.79 Å². The molecule has 0 spiro atoms. The van der Waals surface area contributed by atoms with Crippen LogP contribution in [0.2, 0.25) is 0 Å². The highest BCUT2D eigenvalue weighted by Crippen LogP contribution is 2.27. The number of likely N-dealkylation sites (N-methyl/N-ethyl adjacent to an activating group) is 1. The molecular formula is C12H15N3O3. The Morgan fingerprint density at radius 2 is 2.22 bits per heavy atom. The average molecular weight is 249 g/mol. The molecule has 96 valence electrons. The number of nitrogens with one attached hydrogen (secondary N) is 1. The number of nitro benzene ring substituents is 1. The fraction of sp³-hybridized carbons (Fsp3) is 0.417. The summed E-state index contributed by atoms with van der Waals surface area (Å²) in [5.41, 5.74) is 1.33. The number of rotatable bonds is 3. The van der Waals surface area contributed by atoms with Crippen molar-refractivity contribution < 1.29 is 9.72 Å². The summed E-state index contributed by atoms with van der Waals surface area (Å²) in [6, 6.07) is 4.48. The minimum absolute atomic E-state index is 0.00273. The number of carbonyl (C=O) groups is 1. The van der Waals surface area contributed by atoms with E-state index in [1.54, 1.807) is 24.1 Å². The van der Waals surface area contributed by atoms with Gasteiger partial charge in [0.1, 0.15) is 11.7 Å². The lowest BCUT2D eigenvalue weighted by atomic mass is 10.1. The summed E-state index contributed by atoms with van der Waals surface area (Å²) < 4.78 is 0. The average Bonchev–Trinajstić information content (AvgIpc) is 2.61. The van der Waals surface area contributed by atoms with Crippen molar-refractivity contribution in [2.75, 3.05) is 18.9 Å². The summed E-state index contributed by atoms with van der Waals surface area (Å²) in [5, 5.41) is 13.9. The zero-order valence-electron chi connectivity index (χ0n) is 10.3. The van der Waals surface area contributed by atoms with Crippen LogP contribution in [0, 0.1) is 17.0 Å². The highest BCUT2D eigenvalue weighted by atomic mass is 16.6. The van der Waals surface area contributed by atoms with E-state index >= 15 is 0 Å². The second kappa shape index (κ2) is 4.64. The van der Waals surface area contributed by atoms with Gasteiger partial charge in [0.25, 0.3) is 5.69 Å². The van der Waals surface area contributed by atoms with Gasteiger partial charge < -0.3 is 10.2 Å². The summed E-state index contributed by atoms with van der Waals surface area (Å²) in [6.45, 7) is 2.54. The third kappa shape index (κ3) is 2.27. The van der Waals surface area contributed by atoms with Crippen molar-refractivity contribution in [1.82, 2.24) is 4.90 Å². The van der Waals surface area contributed by atoms with Crippen LogP contribution in [-0.4, -0.2) is 35.4 Å². The Morgan fingerprint density at radius 1 is 1.50 bits per heavy atom. The molecule has 1 aromatic carbocycles. The molecule has 1 atom stereocenters. The Labute approximate surface area is 105 Å². The van der Waals surface area contributed by atoms with Gasteiger partial charge in [0, 0.05) is 19.7 Å². The molecule has 6 nitrogen and oxygen atoms in total. The maximum absolute atomic E-state index is 11.8. The van der Waals surface area contributed by atoms with Crippen molar-refractivity contribution >= 4 is 17.3 Å². The molecule has 0 aromatic heterocycles. The molecule has 2 rings (SSSR count). The molecule has 1 N–H and O–H groups in total. The molecule has 1 fully saturated rings. The summed E-state index contributed by atoms with van der Waals surface area (Å²) in [5.74, 6) is -0.0224. The van der Waals surface area contributed by atoms with E-state index in [9.17, 15) is 14.9 Å². The van der Waals surface area contributed by atoms with Gasteiger partial charge in [-0.1, -0.05) is 6.07 Å². The van der Waals surface area contributed by atoms with Crippen molar-refractivity contribution in [2.45, 2.75) is 19.4 Å². The molecule has 0 radical (unpaired) electrons. The highest BCUT2D eigenvalue weighted by Gasteiger charge is 2.30. The Morgan fingerprint density at radius 3 is 2.78 bits per heavy atom. The predicted molar refractivity (Wildman–Crippen MR) is 67.5 cm³/mol. The Hall–Kier alpha value is -2.11. The van der Waals surface area contributed by atoms with Gasteiger partial charge in [-0.05, 0) is 25.0 Å². The van der Waals surface area contributed by atoms with Crippen molar-refractivity contribution in [1.29, 1.82) is 0 Å². The van der Waals surface area contributed by atoms with Gasteiger partial charge in [0.15, 0.2) is 0 Å². The number of likely N-dealkylation sites (tertiary alicyclic amines) is 1. The molecule has 0 saturated carbocycles. The molecule has 6 heteroatoms. The van der Waals surface area contributed by atoms with E-state index in [0.29, 0.717) is 18.7 Å². The van der Waals surface area contributed by atoms with Crippen LogP contribution in [0.15, 0.2) is 18.2 Å². The number of carbonyl (C=O) groups excluding carboxylic acids is 1. The molecular weight excluding hydrogens is 234 g/mol. The van der Waals surface area contributed by atoms with Crippen LogP contribution in [0.1, 0.15) is 12.0 Å². The molecule has 1 amide bonds. The maximum atomic E-state index is 11.8. The summed E-state index contributed by atoms with van der Waals surface area (Å²) in [4.78, 5) is 23.9. The first kappa shape index (κ1) is 12.3. The van der Waals surface area contributed by atoms with Crippen molar-refractivity contribution in [3.05, 3.63) is 33.9 Å². The molecule has 1 heterocycles. The number of amides is 1. The smallest absolute Gasteiger partial charge is 0.292 e. The highest BCUT2D eigenvalue weighted by molar-refractivity contribution is 5.87. The van der Waals surface area contributed by atoms with Gasteiger partial charge >= 0.3 is 0 Å². The number of nitro groups is 1. The zero-order chi connectivity index (χ0) is 13.3. The van der Waals surface area contributed by atoms with Crippen LogP contribution in [0.3, 0.4) is 0 Å². The van der Waals surface area contributed by atoms with E-state index in [1.165, 1.54) is 6.07 Å². The lowest BCUT2D eigenvalue weighted by Crippen LogP contribution is -2.31. The molecule has 1 aromatic rings. The molecule has 1 aliphatic heterocycles. The second-order valence-corrected chi connectivity index (χ2v) is 4.52. The van der Waals surface area contributed by atoms with Crippen LogP contribution in [0.25, 0.3) is 0 Å². The minimum Gasteiger partial charge on any atom is -0.368 e. The lowest BCUT2D eigenvalue weighted by Gasteiger charge is -2.14. The third-order valence-electron chi connectivity index (χ3n) is 3.11. The van der Waals surface area contributed by atoms with E-state index in [4.69, 9.17) is 0 Å². The number of hydrogen-bond donors (Lipinski definition) is 1. The van der Waals surface area contributed by atoms with E-state index in [0.717, 1.165) is 5.56 Å². The molecule has 0 aliphatic carbocycles. The number of nitrogens with zero attached hydrogens (tertiary/aromatic N) is 2. The van der Waals surface area contributed by atoms with Crippen LogP contribution in [0.4, 0.5) is 11.4 Å². The van der Waals surface area contributed by atoms with Crippen molar-refractivity contribution in [3.63, 3.8) is 0 Å². The standard InChI is InChI=1S/C12H15N3O3/c1-8-3-4-11(15(17)18)10(7-8)13-9-5-6-14(2)12(9)16/h3-4,7,9,13H,5-6H2,1-2H3. The Kier molecular flexibility index (Phi) is 3.18. The minimum atomic E-state index is -0.440. The van der Waals surface area contributed by atoms with Gasteiger partial charge in [0.2, 0.25) is 5.91 Å². The monoisotopic (exact) mass is 249 g/mol. The van der Waals surface area contributed by atoms with E-state index in [2.05, 4.69) is 5.32 Å². The molecule has 1 saturated heterocycles.